The Morgan fingerprint density at radius 2 is 1.21 bits per heavy atom. The Morgan fingerprint density at radius 3 is 2.09 bits per heavy atom. The molecule has 0 bridgehead atoms. The molecule has 0 saturated heterocycles. The van der Waals surface area contributed by atoms with E-state index in [9.17, 15) is 0 Å². The molecule has 0 aliphatic carbocycles. The Labute approximate surface area is 199 Å². The Hall–Kier alpha value is -3.59. The fraction of sp³-hybridized carbons (Fsp3) is 0. The zero-order valence-electron chi connectivity index (χ0n) is 17.5. The number of hydrogen-bond donors (Lipinski definition) is 0. The largest absolute Gasteiger partial charge is 0.455 e. The summed E-state index contributed by atoms with van der Waals surface area (Å²) < 4.78 is 8.98. The van der Waals surface area contributed by atoms with Crippen LogP contribution < -0.4 is 0 Å². The van der Waals surface area contributed by atoms with Gasteiger partial charge in [-0.1, -0.05) is 90.5 Å². The van der Waals surface area contributed by atoms with E-state index < -0.39 is 0 Å². The molecule has 7 aromatic rings. The smallest absolute Gasteiger partial charge is 0.144 e. The predicted octanol–water partition coefficient (Wildman–Crippen LogP) is 9.94. The molecule has 2 aromatic heterocycles. The summed E-state index contributed by atoms with van der Waals surface area (Å²) in [5.41, 5.74) is 6.32. The number of rotatable bonds is 2. The number of benzene rings is 5. The van der Waals surface area contributed by atoms with Crippen molar-refractivity contribution in [3.05, 3.63) is 108 Å². The first kappa shape index (κ1) is 18.9. The van der Waals surface area contributed by atoms with E-state index in [-0.39, 0.29) is 0 Å². The van der Waals surface area contributed by atoms with Crippen molar-refractivity contribution in [3.8, 4) is 22.3 Å². The van der Waals surface area contributed by atoms with Crippen molar-refractivity contribution in [2.75, 3.05) is 0 Å². The van der Waals surface area contributed by atoms with Gasteiger partial charge < -0.3 is 4.42 Å². The third-order valence-electron chi connectivity index (χ3n) is 6.39. The summed E-state index contributed by atoms with van der Waals surface area (Å²) in [5.74, 6) is 0. The van der Waals surface area contributed by atoms with Crippen molar-refractivity contribution < 1.29 is 4.42 Å². The summed E-state index contributed by atoms with van der Waals surface area (Å²) in [6, 6.07) is 36.0. The molecule has 0 saturated carbocycles. The predicted molar refractivity (Wildman–Crippen MR) is 142 cm³/mol. The van der Waals surface area contributed by atoms with Crippen LogP contribution >= 0.6 is 22.9 Å². The lowest BCUT2D eigenvalue weighted by Gasteiger charge is -2.12. The van der Waals surface area contributed by atoms with Gasteiger partial charge in [0.15, 0.2) is 0 Å². The number of thiophene rings is 1. The molecular formula is C30H17ClOS. The van der Waals surface area contributed by atoms with Crippen LogP contribution in [-0.4, -0.2) is 0 Å². The quantitative estimate of drug-likeness (QED) is 0.250. The van der Waals surface area contributed by atoms with E-state index in [4.69, 9.17) is 16.0 Å². The molecule has 0 radical (unpaired) electrons. The van der Waals surface area contributed by atoms with E-state index >= 15 is 0 Å². The zero-order chi connectivity index (χ0) is 21.9. The molecular weight excluding hydrogens is 444 g/mol. The van der Waals surface area contributed by atoms with E-state index in [0.717, 1.165) is 33.1 Å². The van der Waals surface area contributed by atoms with Gasteiger partial charge in [0.2, 0.25) is 0 Å². The molecule has 33 heavy (non-hydrogen) atoms. The van der Waals surface area contributed by atoms with E-state index in [1.807, 2.05) is 35.6 Å². The van der Waals surface area contributed by atoms with Gasteiger partial charge in [-0.3, -0.25) is 0 Å². The van der Waals surface area contributed by atoms with Crippen LogP contribution in [-0.2, 0) is 0 Å². The number of para-hydroxylation sites is 1. The van der Waals surface area contributed by atoms with Crippen LogP contribution in [0.25, 0.3) is 64.4 Å². The summed E-state index contributed by atoms with van der Waals surface area (Å²) in [5, 5.41) is 5.33. The molecule has 7 rings (SSSR count). The third kappa shape index (κ3) is 2.78. The average Bonchev–Trinajstić information content (AvgIpc) is 3.44. The molecule has 0 unspecified atom stereocenters. The Kier molecular flexibility index (Phi) is 4.14. The highest BCUT2D eigenvalue weighted by molar-refractivity contribution is 7.26. The van der Waals surface area contributed by atoms with E-state index in [2.05, 4.69) is 78.9 Å². The fourth-order valence-corrected chi connectivity index (χ4v) is 6.39. The summed E-state index contributed by atoms with van der Waals surface area (Å²) in [7, 11) is 0. The van der Waals surface area contributed by atoms with Crippen molar-refractivity contribution >= 4 is 65.0 Å². The van der Waals surface area contributed by atoms with Gasteiger partial charge in [0.1, 0.15) is 11.2 Å². The fourth-order valence-electron chi connectivity index (χ4n) is 4.91. The second-order valence-electron chi connectivity index (χ2n) is 8.22. The van der Waals surface area contributed by atoms with E-state index in [1.54, 1.807) is 0 Å². The van der Waals surface area contributed by atoms with Crippen LogP contribution in [0.5, 0.6) is 0 Å². The van der Waals surface area contributed by atoms with Gasteiger partial charge in [-0.15, -0.1) is 11.3 Å². The zero-order valence-corrected chi connectivity index (χ0v) is 19.1. The lowest BCUT2D eigenvalue weighted by Crippen LogP contribution is -1.86. The Balaban J connectivity index is 1.56. The standard InChI is InChI=1S/C30H17ClOS/c31-25-17-16-21(29-28(25)24-11-3-5-14-26(24)32-29)18-8-1-2-9-19(18)22-12-7-13-23-20-10-4-6-15-27(20)33-30(22)23/h1-17H. The molecule has 1 nitrogen and oxygen atoms in total. The monoisotopic (exact) mass is 460 g/mol. The minimum absolute atomic E-state index is 0.711. The first-order chi connectivity index (χ1) is 16.3. The Bertz CT molecular complexity index is 1840. The number of fused-ring (bicyclic) bond motifs is 6. The molecule has 156 valence electrons. The van der Waals surface area contributed by atoms with Gasteiger partial charge in [-0.25, -0.2) is 0 Å². The summed E-state index contributed by atoms with van der Waals surface area (Å²) >= 11 is 8.51. The molecule has 0 aliphatic heterocycles. The highest BCUT2D eigenvalue weighted by atomic mass is 35.5. The van der Waals surface area contributed by atoms with E-state index in [1.165, 1.54) is 31.3 Å². The first-order valence-corrected chi connectivity index (χ1v) is 12.1. The molecule has 2 heterocycles. The Morgan fingerprint density at radius 1 is 0.545 bits per heavy atom. The number of hydrogen-bond acceptors (Lipinski definition) is 2. The minimum atomic E-state index is 0.711. The van der Waals surface area contributed by atoms with Crippen molar-refractivity contribution in [1.29, 1.82) is 0 Å². The van der Waals surface area contributed by atoms with Gasteiger partial charge in [0, 0.05) is 42.1 Å². The molecule has 3 heteroatoms. The summed E-state index contributed by atoms with van der Waals surface area (Å²) in [4.78, 5) is 0. The molecule has 0 fully saturated rings. The van der Waals surface area contributed by atoms with Crippen molar-refractivity contribution in [2.24, 2.45) is 0 Å². The SMILES string of the molecule is Clc1ccc(-c2ccccc2-c2cccc3c2sc2ccccc23)c2oc3ccccc3c12. The van der Waals surface area contributed by atoms with Gasteiger partial charge in [-0.2, -0.15) is 0 Å². The van der Waals surface area contributed by atoms with Crippen LogP contribution in [0.4, 0.5) is 0 Å². The number of halogens is 1. The van der Waals surface area contributed by atoms with Gasteiger partial charge in [-0.05, 0) is 35.4 Å². The second-order valence-corrected chi connectivity index (χ2v) is 9.68. The van der Waals surface area contributed by atoms with Crippen LogP contribution in [0, 0.1) is 0 Å². The maximum atomic E-state index is 6.66. The van der Waals surface area contributed by atoms with E-state index in [0.29, 0.717) is 5.02 Å². The molecule has 0 atom stereocenters. The molecule has 0 N–H and O–H groups in total. The van der Waals surface area contributed by atoms with Crippen molar-refractivity contribution in [3.63, 3.8) is 0 Å². The van der Waals surface area contributed by atoms with Crippen LogP contribution in [0.15, 0.2) is 108 Å². The molecule has 0 spiro atoms. The third-order valence-corrected chi connectivity index (χ3v) is 7.92. The van der Waals surface area contributed by atoms with Crippen LogP contribution in [0.3, 0.4) is 0 Å². The average molecular weight is 461 g/mol. The minimum Gasteiger partial charge on any atom is -0.455 e. The van der Waals surface area contributed by atoms with Crippen molar-refractivity contribution in [1.82, 2.24) is 0 Å². The highest BCUT2D eigenvalue weighted by Gasteiger charge is 2.19. The molecule has 0 aliphatic rings. The topological polar surface area (TPSA) is 13.1 Å². The van der Waals surface area contributed by atoms with Crippen molar-refractivity contribution in [2.45, 2.75) is 0 Å². The lowest BCUT2D eigenvalue weighted by atomic mass is 9.92. The normalized spacial score (nSPS) is 11.8. The summed E-state index contributed by atoms with van der Waals surface area (Å²) in [6.07, 6.45) is 0. The van der Waals surface area contributed by atoms with Crippen LogP contribution in [0.1, 0.15) is 0 Å². The molecule has 5 aromatic carbocycles. The van der Waals surface area contributed by atoms with Crippen LogP contribution in [0.2, 0.25) is 5.02 Å². The van der Waals surface area contributed by atoms with Gasteiger partial charge in [0.05, 0.1) is 5.02 Å². The maximum Gasteiger partial charge on any atom is 0.144 e. The lowest BCUT2D eigenvalue weighted by molar-refractivity contribution is 0.670. The maximum absolute atomic E-state index is 6.66. The first-order valence-electron chi connectivity index (χ1n) is 10.9. The molecule has 0 amide bonds. The van der Waals surface area contributed by atoms with Gasteiger partial charge in [0.25, 0.3) is 0 Å². The summed E-state index contributed by atoms with van der Waals surface area (Å²) in [6.45, 7) is 0. The highest BCUT2D eigenvalue weighted by Crippen LogP contribution is 2.45. The number of furan rings is 1. The second kappa shape index (κ2) is 7.21. The van der Waals surface area contributed by atoms with Gasteiger partial charge >= 0.3 is 0 Å².